The number of carbonyl (C=O) groups excluding carboxylic acids is 2. The van der Waals surface area contributed by atoms with Gasteiger partial charge < -0.3 is 26.4 Å². The molecule has 0 saturated carbocycles. The highest BCUT2D eigenvalue weighted by atomic mass is 16.5. The fourth-order valence-corrected chi connectivity index (χ4v) is 2.34. The number of rotatable bonds is 9. The second-order valence-corrected chi connectivity index (χ2v) is 5.90. The number of benzene rings is 2. The maximum atomic E-state index is 12.3. The van der Waals surface area contributed by atoms with Gasteiger partial charge in [-0.1, -0.05) is 24.3 Å². The first-order valence-electron chi connectivity index (χ1n) is 8.94. The Kier molecular flexibility index (Phi) is 8.12. The molecule has 3 amide bonds. The summed E-state index contributed by atoms with van der Waals surface area (Å²) in [5.41, 5.74) is 8.34. The fourth-order valence-electron chi connectivity index (χ4n) is 2.34. The van der Waals surface area contributed by atoms with Crippen LogP contribution in [0.4, 0.5) is 16.2 Å². The summed E-state index contributed by atoms with van der Waals surface area (Å²) in [7, 11) is 0. The first-order chi connectivity index (χ1) is 13.1. The zero-order chi connectivity index (χ0) is 19.5. The quantitative estimate of drug-likeness (QED) is 0.402. The van der Waals surface area contributed by atoms with Crippen molar-refractivity contribution >= 4 is 23.3 Å². The molecular weight excluding hydrogens is 344 g/mol. The van der Waals surface area contributed by atoms with Crippen LogP contribution in [0.5, 0.6) is 0 Å². The number of hydrogen-bond donors (Lipinski definition) is 4. The van der Waals surface area contributed by atoms with Crippen molar-refractivity contribution in [2.75, 3.05) is 30.8 Å². The predicted octanol–water partition coefficient (Wildman–Crippen LogP) is 2.75. The van der Waals surface area contributed by atoms with Gasteiger partial charge in [0.15, 0.2) is 0 Å². The average molecular weight is 370 g/mol. The number of ether oxygens (including phenoxy) is 1. The van der Waals surface area contributed by atoms with Crippen LogP contribution in [0.2, 0.25) is 0 Å². The van der Waals surface area contributed by atoms with Crippen molar-refractivity contribution in [1.82, 2.24) is 10.6 Å². The van der Waals surface area contributed by atoms with E-state index in [2.05, 4.69) is 16.0 Å². The van der Waals surface area contributed by atoms with Crippen molar-refractivity contribution in [2.45, 2.75) is 19.9 Å². The zero-order valence-electron chi connectivity index (χ0n) is 15.5. The Balaban J connectivity index is 1.77. The summed E-state index contributed by atoms with van der Waals surface area (Å²) in [5.74, 6) is -0.237. The van der Waals surface area contributed by atoms with E-state index in [9.17, 15) is 9.59 Å². The Morgan fingerprint density at radius 3 is 2.48 bits per heavy atom. The number of nitrogens with two attached hydrogens (primary N) is 1. The van der Waals surface area contributed by atoms with Gasteiger partial charge in [0.25, 0.3) is 5.91 Å². The number of amides is 3. The highest BCUT2D eigenvalue weighted by Gasteiger charge is 2.08. The van der Waals surface area contributed by atoms with Gasteiger partial charge >= 0.3 is 6.03 Å². The first kappa shape index (κ1) is 20.3. The molecule has 0 aromatic heterocycles. The van der Waals surface area contributed by atoms with Crippen molar-refractivity contribution < 1.29 is 14.3 Å². The minimum Gasteiger partial charge on any atom is -0.397 e. The topological polar surface area (TPSA) is 105 Å². The predicted molar refractivity (Wildman–Crippen MR) is 107 cm³/mol. The lowest BCUT2D eigenvalue weighted by Gasteiger charge is -2.09. The van der Waals surface area contributed by atoms with Crippen LogP contribution in [0.25, 0.3) is 0 Å². The number of carbonyl (C=O) groups is 2. The van der Waals surface area contributed by atoms with E-state index in [1.807, 2.05) is 19.1 Å². The molecule has 5 N–H and O–H groups in total. The molecule has 0 saturated heterocycles. The van der Waals surface area contributed by atoms with E-state index >= 15 is 0 Å². The Labute approximate surface area is 159 Å². The van der Waals surface area contributed by atoms with Crippen LogP contribution in [-0.4, -0.2) is 31.7 Å². The van der Waals surface area contributed by atoms with Gasteiger partial charge in [-0.15, -0.1) is 0 Å². The van der Waals surface area contributed by atoms with Crippen LogP contribution in [0.15, 0.2) is 48.5 Å². The summed E-state index contributed by atoms with van der Waals surface area (Å²) in [6, 6.07) is 13.9. The summed E-state index contributed by atoms with van der Waals surface area (Å²) >= 11 is 0. The van der Waals surface area contributed by atoms with Crippen LogP contribution in [-0.2, 0) is 11.3 Å². The van der Waals surface area contributed by atoms with Crippen molar-refractivity contribution in [3.05, 3.63) is 59.7 Å². The lowest BCUT2D eigenvalue weighted by atomic mass is 10.1. The summed E-state index contributed by atoms with van der Waals surface area (Å²) in [5, 5.41) is 8.33. The Bertz CT molecular complexity index is 747. The van der Waals surface area contributed by atoms with Gasteiger partial charge in [0, 0.05) is 31.9 Å². The maximum absolute atomic E-state index is 12.3. The van der Waals surface area contributed by atoms with Gasteiger partial charge in [-0.3, -0.25) is 4.79 Å². The molecule has 7 nitrogen and oxygen atoms in total. The number of para-hydroxylation sites is 2. The molecule has 144 valence electrons. The SMILES string of the molecule is CCOCCCNC(=O)NCc1ccc(C(=O)Nc2ccccc2N)cc1. The molecule has 0 heterocycles. The average Bonchev–Trinajstić information content (AvgIpc) is 2.68. The van der Waals surface area contributed by atoms with Crippen molar-refractivity contribution in [3.8, 4) is 0 Å². The smallest absolute Gasteiger partial charge is 0.315 e. The largest absolute Gasteiger partial charge is 0.397 e. The highest BCUT2D eigenvalue weighted by Crippen LogP contribution is 2.18. The summed E-state index contributed by atoms with van der Waals surface area (Å²) in [6.45, 7) is 4.19. The van der Waals surface area contributed by atoms with Crippen LogP contribution in [0.1, 0.15) is 29.3 Å². The van der Waals surface area contributed by atoms with Gasteiger partial charge in [0.1, 0.15) is 0 Å². The number of nitrogen functional groups attached to an aromatic ring is 1. The van der Waals surface area contributed by atoms with Gasteiger partial charge in [-0.05, 0) is 43.2 Å². The molecule has 0 spiro atoms. The zero-order valence-corrected chi connectivity index (χ0v) is 15.5. The first-order valence-corrected chi connectivity index (χ1v) is 8.94. The summed E-state index contributed by atoms with van der Waals surface area (Å²) in [4.78, 5) is 24.0. The normalized spacial score (nSPS) is 10.3. The minimum atomic E-state index is -0.237. The third-order valence-corrected chi connectivity index (χ3v) is 3.83. The molecule has 2 rings (SSSR count). The third kappa shape index (κ3) is 6.99. The Hall–Kier alpha value is -3.06. The molecule has 0 radical (unpaired) electrons. The van der Waals surface area contributed by atoms with Crippen molar-refractivity contribution in [2.24, 2.45) is 0 Å². The van der Waals surface area contributed by atoms with E-state index in [4.69, 9.17) is 10.5 Å². The highest BCUT2D eigenvalue weighted by molar-refractivity contribution is 6.05. The standard InChI is InChI=1S/C20H26N4O3/c1-2-27-13-5-12-22-20(26)23-14-15-8-10-16(11-9-15)19(25)24-18-7-4-3-6-17(18)21/h3-4,6-11H,2,5,12-14,21H2,1H3,(H,24,25)(H2,22,23,26). The molecule has 0 unspecified atom stereocenters. The second-order valence-electron chi connectivity index (χ2n) is 5.90. The van der Waals surface area contributed by atoms with E-state index in [-0.39, 0.29) is 11.9 Å². The fraction of sp³-hybridized carbons (Fsp3) is 0.300. The third-order valence-electron chi connectivity index (χ3n) is 3.83. The van der Waals surface area contributed by atoms with Crippen LogP contribution >= 0.6 is 0 Å². The van der Waals surface area contributed by atoms with Gasteiger partial charge in [0.05, 0.1) is 11.4 Å². The van der Waals surface area contributed by atoms with Gasteiger partial charge in [-0.25, -0.2) is 4.79 Å². The Morgan fingerprint density at radius 2 is 1.78 bits per heavy atom. The van der Waals surface area contributed by atoms with Crippen molar-refractivity contribution in [3.63, 3.8) is 0 Å². The molecule has 2 aromatic rings. The molecule has 0 fully saturated rings. The van der Waals surface area contributed by atoms with E-state index in [0.717, 1.165) is 12.0 Å². The monoisotopic (exact) mass is 370 g/mol. The number of hydrogen-bond acceptors (Lipinski definition) is 4. The Morgan fingerprint density at radius 1 is 1.04 bits per heavy atom. The molecule has 0 aliphatic heterocycles. The molecule has 7 heteroatoms. The maximum Gasteiger partial charge on any atom is 0.315 e. The molecular formula is C20H26N4O3. The molecule has 0 aliphatic rings. The number of urea groups is 1. The number of nitrogens with one attached hydrogen (secondary N) is 3. The minimum absolute atomic E-state index is 0.229. The molecule has 27 heavy (non-hydrogen) atoms. The summed E-state index contributed by atoms with van der Waals surface area (Å²) in [6.07, 6.45) is 0.775. The van der Waals surface area contributed by atoms with E-state index < -0.39 is 0 Å². The molecule has 0 aliphatic carbocycles. The van der Waals surface area contributed by atoms with Gasteiger partial charge in [-0.2, -0.15) is 0 Å². The van der Waals surface area contributed by atoms with Crippen LogP contribution < -0.4 is 21.7 Å². The lowest BCUT2D eigenvalue weighted by molar-refractivity contribution is 0.102. The molecule has 0 atom stereocenters. The van der Waals surface area contributed by atoms with Crippen LogP contribution in [0, 0.1) is 0 Å². The van der Waals surface area contributed by atoms with Crippen molar-refractivity contribution in [1.29, 1.82) is 0 Å². The van der Waals surface area contributed by atoms with E-state index in [0.29, 0.717) is 43.2 Å². The van der Waals surface area contributed by atoms with E-state index in [1.165, 1.54) is 0 Å². The summed E-state index contributed by atoms with van der Waals surface area (Å²) < 4.78 is 5.21. The second kappa shape index (κ2) is 10.8. The molecule has 2 aromatic carbocycles. The molecule has 0 bridgehead atoms. The van der Waals surface area contributed by atoms with E-state index in [1.54, 1.807) is 36.4 Å². The number of anilines is 2. The van der Waals surface area contributed by atoms with Crippen LogP contribution in [0.3, 0.4) is 0 Å². The lowest BCUT2D eigenvalue weighted by Crippen LogP contribution is -2.35. The van der Waals surface area contributed by atoms with Gasteiger partial charge in [0.2, 0.25) is 0 Å².